The highest BCUT2D eigenvalue weighted by Gasteiger charge is 2.16. The molecule has 3 aromatic rings. The molecular formula is C15H16ClN3S. The molecule has 0 saturated carbocycles. The molecule has 3 rings (SSSR count). The van der Waals surface area contributed by atoms with Crippen molar-refractivity contribution >= 4 is 34.0 Å². The Hall–Kier alpha value is -1.39. The minimum atomic E-state index is -0.122. The van der Waals surface area contributed by atoms with Gasteiger partial charge in [0.2, 0.25) is 0 Å². The van der Waals surface area contributed by atoms with Crippen LogP contribution in [0.3, 0.4) is 0 Å². The molecule has 3 nitrogen and oxygen atoms in total. The number of alkyl halides is 1. The number of halogens is 1. The number of hydrogen-bond donors (Lipinski definition) is 0. The van der Waals surface area contributed by atoms with Crippen LogP contribution in [0.15, 0.2) is 23.6 Å². The second kappa shape index (κ2) is 5.19. The van der Waals surface area contributed by atoms with Crippen LogP contribution in [-0.4, -0.2) is 14.5 Å². The van der Waals surface area contributed by atoms with Crippen molar-refractivity contribution < 1.29 is 0 Å². The van der Waals surface area contributed by atoms with Crippen LogP contribution in [0.1, 0.15) is 34.4 Å². The van der Waals surface area contributed by atoms with Crippen LogP contribution < -0.4 is 0 Å². The first-order valence-corrected chi connectivity index (χ1v) is 7.88. The van der Waals surface area contributed by atoms with Gasteiger partial charge in [-0.2, -0.15) is 0 Å². The number of nitrogens with zero attached hydrogens (tertiary/aromatic N) is 3. The molecule has 0 saturated heterocycles. The van der Waals surface area contributed by atoms with Gasteiger partial charge in [0.05, 0.1) is 23.0 Å². The zero-order valence-corrected chi connectivity index (χ0v) is 13.3. The van der Waals surface area contributed by atoms with E-state index in [1.54, 1.807) is 11.3 Å². The van der Waals surface area contributed by atoms with Crippen molar-refractivity contribution in [2.75, 3.05) is 0 Å². The Labute approximate surface area is 127 Å². The van der Waals surface area contributed by atoms with E-state index in [-0.39, 0.29) is 5.38 Å². The van der Waals surface area contributed by atoms with E-state index in [1.807, 2.05) is 13.8 Å². The molecule has 2 aromatic heterocycles. The second-order valence-corrected chi connectivity index (χ2v) is 6.64. The lowest BCUT2D eigenvalue weighted by molar-refractivity contribution is 0.737. The van der Waals surface area contributed by atoms with Gasteiger partial charge < -0.3 is 4.57 Å². The van der Waals surface area contributed by atoms with E-state index >= 15 is 0 Å². The standard InChI is InChI=1S/C15H16ClN3S/c1-9-4-5-12-13(6-9)19(15(18-12)11(3)16)7-14-17-10(2)8-20-14/h4-6,8,11H,7H2,1-3H3. The zero-order valence-electron chi connectivity index (χ0n) is 11.7. The van der Waals surface area contributed by atoms with Crippen LogP contribution in [0.4, 0.5) is 0 Å². The molecule has 104 valence electrons. The van der Waals surface area contributed by atoms with Crippen LogP contribution in [0, 0.1) is 13.8 Å². The monoisotopic (exact) mass is 305 g/mol. The van der Waals surface area contributed by atoms with Gasteiger partial charge in [-0.1, -0.05) is 6.07 Å². The molecule has 1 unspecified atom stereocenters. The minimum Gasteiger partial charge on any atom is -0.320 e. The molecule has 0 fully saturated rings. The summed E-state index contributed by atoms with van der Waals surface area (Å²) in [6.45, 7) is 6.79. The van der Waals surface area contributed by atoms with Crippen molar-refractivity contribution in [3.63, 3.8) is 0 Å². The summed E-state index contributed by atoms with van der Waals surface area (Å²) in [5, 5.41) is 3.04. The number of imidazole rings is 1. The number of benzene rings is 1. The lowest BCUT2D eigenvalue weighted by Gasteiger charge is -2.09. The van der Waals surface area contributed by atoms with Crippen LogP contribution in [-0.2, 0) is 6.54 Å². The zero-order chi connectivity index (χ0) is 14.3. The lowest BCUT2D eigenvalue weighted by Crippen LogP contribution is -2.05. The maximum atomic E-state index is 6.29. The Morgan fingerprint density at radius 2 is 2.10 bits per heavy atom. The number of rotatable bonds is 3. The van der Waals surface area contributed by atoms with E-state index in [1.165, 1.54) is 5.56 Å². The van der Waals surface area contributed by atoms with E-state index in [4.69, 9.17) is 11.6 Å². The van der Waals surface area contributed by atoms with E-state index in [0.717, 1.165) is 34.1 Å². The molecule has 0 aliphatic rings. The van der Waals surface area contributed by atoms with Crippen LogP contribution >= 0.6 is 22.9 Å². The fraction of sp³-hybridized carbons (Fsp3) is 0.333. The van der Waals surface area contributed by atoms with Gasteiger partial charge in [-0.25, -0.2) is 9.97 Å². The van der Waals surface area contributed by atoms with Crippen LogP contribution in [0.25, 0.3) is 11.0 Å². The first-order chi connectivity index (χ1) is 9.54. The summed E-state index contributed by atoms with van der Waals surface area (Å²) in [7, 11) is 0. The first-order valence-electron chi connectivity index (χ1n) is 6.56. The van der Waals surface area contributed by atoms with E-state index in [2.05, 4.69) is 45.0 Å². The smallest absolute Gasteiger partial charge is 0.128 e. The van der Waals surface area contributed by atoms with Gasteiger partial charge in [0.25, 0.3) is 0 Å². The molecule has 0 N–H and O–H groups in total. The van der Waals surface area contributed by atoms with Crippen molar-refractivity contribution in [1.29, 1.82) is 0 Å². The predicted molar refractivity (Wildman–Crippen MR) is 84.7 cm³/mol. The Balaban J connectivity index is 2.15. The Kier molecular flexibility index (Phi) is 3.52. The highest BCUT2D eigenvalue weighted by Crippen LogP contribution is 2.26. The van der Waals surface area contributed by atoms with Crippen molar-refractivity contribution in [2.24, 2.45) is 0 Å². The fourth-order valence-electron chi connectivity index (χ4n) is 2.33. The van der Waals surface area contributed by atoms with Crippen molar-refractivity contribution in [1.82, 2.24) is 14.5 Å². The quantitative estimate of drug-likeness (QED) is 0.669. The fourth-order valence-corrected chi connectivity index (χ4v) is 3.26. The maximum Gasteiger partial charge on any atom is 0.128 e. The van der Waals surface area contributed by atoms with Crippen molar-refractivity contribution in [2.45, 2.75) is 32.7 Å². The van der Waals surface area contributed by atoms with Gasteiger partial charge in [0, 0.05) is 11.1 Å². The molecule has 1 atom stereocenters. The Bertz CT molecular complexity index is 758. The SMILES string of the molecule is Cc1ccc2nc(C(C)Cl)n(Cc3nc(C)cs3)c2c1. The van der Waals surface area contributed by atoms with Gasteiger partial charge in [-0.3, -0.25) is 0 Å². The number of hydrogen-bond acceptors (Lipinski definition) is 3. The Morgan fingerprint density at radius 1 is 1.30 bits per heavy atom. The number of aryl methyl sites for hydroxylation is 2. The summed E-state index contributed by atoms with van der Waals surface area (Å²) < 4.78 is 2.18. The van der Waals surface area contributed by atoms with Crippen molar-refractivity contribution in [3.05, 3.63) is 45.7 Å². The van der Waals surface area contributed by atoms with E-state index in [0.29, 0.717) is 0 Å². The Morgan fingerprint density at radius 3 is 2.75 bits per heavy atom. The van der Waals surface area contributed by atoms with Crippen LogP contribution in [0.2, 0.25) is 0 Å². The molecule has 0 bridgehead atoms. The summed E-state index contributed by atoms with van der Waals surface area (Å²) in [5.74, 6) is 0.903. The summed E-state index contributed by atoms with van der Waals surface area (Å²) >= 11 is 7.97. The lowest BCUT2D eigenvalue weighted by atomic mass is 10.2. The summed E-state index contributed by atoms with van der Waals surface area (Å²) in [6.07, 6.45) is 0. The molecule has 5 heteroatoms. The van der Waals surface area contributed by atoms with Gasteiger partial charge in [0.15, 0.2) is 0 Å². The summed E-state index contributed by atoms with van der Waals surface area (Å²) in [5.41, 5.74) is 4.40. The molecule has 1 aromatic carbocycles. The molecule has 2 heterocycles. The second-order valence-electron chi connectivity index (χ2n) is 5.05. The summed E-state index contributed by atoms with van der Waals surface area (Å²) in [6, 6.07) is 6.29. The predicted octanol–water partition coefficient (Wildman–Crippen LogP) is 4.46. The van der Waals surface area contributed by atoms with E-state index in [9.17, 15) is 0 Å². The molecule has 0 aliphatic heterocycles. The van der Waals surface area contributed by atoms with Gasteiger partial charge in [-0.15, -0.1) is 22.9 Å². The van der Waals surface area contributed by atoms with E-state index < -0.39 is 0 Å². The highest BCUT2D eigenvalue weighted by molar-refractivity contribution is 7.09. The number of fused-ring (bicyclic) bond motifs is 1. The minimum absolute atomic E-state index is 0.122. The van der Waals surface area contributed by atoms with Crippen molar-refractivity contribution in [3.8, 4) is 0 Å². The van der Waals surface area contributed by atoms with Crippen LogP contribution in [0.5, 0.6) is 0 Å². The molecule has 0 aliphatic carbocycles. The average molecular weight is 306 g/mol. The summed E-state index contributed by atoms with van der Waals surface area (Å²) in [4.78, 5) is 9.21. The third-order valence-electron chi connectivity index (χ3n) is 3.25. The number of aromatic nitrogens is 3. The first kappa shape index (κ1) is 13.6. The molecule has 20 heavy (non-hydrogen) atoms. The maximum absolute atomic E-state index is 6.29. The highest BCUT2D eigenvalue weighted by atomic mass is 35.5. The third-order valence-corrected chi connectivity index (χ3v) is 4.40. The molecule has 0 amide bonds. The van der Waals surface area contributed by atoms with Gasteiger partial charge in [0.1, 0.15) is 10.8 Å². The number of thiazole rings is 1. The topological polar surface area (TPSA) is 30.7 Å². The largest absolute Gasteiger partial charge is 0.320 e. The molecular weight excluding hydrogens is 290 g/mol. The molecule has 0 radical (unpaired) electrons. The molecule has 0 spiro atoms. The van der Waals surface area contributed by atoms with Gasteiger partial charge in [-0.05, 0) is 38.5 Å². The average Bonchev–Trinajstić information content (AvgIpc) is 2.95. The normalized spacial score (nSPS) is 13.0. The third kappa shape index (κ3) is 2.45. The van der Waals surface area contributed by atoms with Gasteiger partial charge >= 0.3 is 0 Å².